The summed E-state index contributed by atoms with van der Waals surface area (Å²) >= 11 is 0. The third-order valence-electron chi connectivity index (χ3n) is 4.09. The van der Waals surface area contributed by atoms with Gasteiger partial charge in [-0.25, -0.2) is 4.39 Å². The van der Waals surface area contributed by atoms with Crippen molar-refractivity contribution in [1.29, 1.82) is 0 Å². The summed E-state index contributed by atoms with van der Waals surface area (Å²) in [7, 11) is -1.67. The van der Waals surface area contributed by atoms with E-state index in [-0.39, 0.29) is 10.9 Å². The second-order valence-electron chi connectivity index (χ2n) is 6.20. The van der Waals surface area contributed by atoms with Crippen LogP contribution in [0.5, 0.6) is 0 Å². The van der Waals surface area contributed by atoms with Crippen LogP contribution in [0.15, 0.2) is 30.5 Å². The third-order valence-corrected chi connectivity index (χ3v) is 9.36. The van der Waals surface area contributed by atoms with Crippen molar-refractivity contribution in [2.75, 3.05) is 0 Å². The number of hydrogen-bond acceptors (Lipinski definition) is 0. The van der Waals surface area contributed by atoms with Crippen LogP contribution in [-0.4, -0.2) is 12.5 Å². The van der Waals surface area contributed by atoms with E-state index in [1.165, 1.54) is 6.07 Å². The van der Waals surface area contributed by atoms with E-state index in [2.05, 4.69) is 50.4 Å². The molecule has 0 bridgehead atoms. The van der Waals surface area contributed by atoms with Gasteiger partial charge in [0.25, 0.3) is 0 Å². The molecule has 1 nitrogen and oxygen atoms in total. The molecule has 0 spiro atoms. The first-order chi connectivity index (χ1) is 7.73. The average Bonchev–Trinajstić information content (AvgIpc) is 2.58. The van der Waals surface area contributed by atoms with Crippen LogP contribution < -0.4 is 0 Å². The summed E-state index contributed by atoms with van der Waals surface area (Å²) in [5.74, 6) is -0.156. The summed E-state index contributed by atoms with van der Waals surface area (Å²) in [6.45, 7) is 11.5. The molecule has 0 atom stereocenters. The molecule has 3 heteroatoms. The van der Waals surface area contributed by atoms with E-state index >= 15 is 0 Å². The van der Waals surface area contributed by atoms with Gasteiger partial charge in [-0.2, -0.15) is 0 Å². The van der Waals surface area contributed by atoms with E-state index in [0.29, 0.717) is 0 Å². The van der Waals surface area contributed by atoms with Crippen molar-refractivity contribution >= 4 is 19.1 Å². The number of halogens is 1. The summed E-state index contributed by atoms with van der Waals surface area (Å²) in [6.07, 6.45) is 2.11. The lowest BCUT2D eigenvalue weighted by atomic mass is 10.2. The molecule has 0 amide bonds. The molecular weight excluding hydrogens is 229 g/mol. The molecule has 17 heavy (non-hydrogen) atoms. The Morgan fingerprint density at radius 3 is 2.35 bits per heavy atom. The van der Waals surface area contributed by atoms with Gasteiger partial charge in [-0.05, 0) is 40.9 Å². The predicted octanol–water partition coefficient (Wildman–Crippen LogP) is 4.63. The smallest absolute Gasteiger partial charge is 0.161 e. The van der Waals surface area contributed by atoms with E-state index in [9.17, 15) is 4.39 Å². The van der Waals surface area contributed by atoms with Gasteiger partial charge in [0.1, 0.15) is 5.82 Å². The largest absolute Gasteiger partial charge is 0.374 e. The molecule has 0 aliphatic heterocycles. The van der Waals surface area contributed by atoms with Crippen molar-refractivity contribution in [3.8, 4) is 0 Å². The lowest BCUT2D eigenvalue weighted by molar-refractivity contribution is 0.629. The number of nitrogens with zero attached hydrogens (tertiary/aromatic N) is 1. The van der Waals surface area contributed by atoms with Crippen LogP contribution in [0.3, 0.4) is 0 Å². The zero-order valence-corrected chi connectivity index (χ0v) is 12.2. The molecule has 1 aromatic carbocycles. The maximum Gasteiger partial charge on any atom is 0.161 e. The van der Waals surface area contributed by atoms with Crippen LogP contribution in [-0.2, 0) is 0 Å². The molecule has 92 valence electrons. The summed E-state index contributed by atoms with van der Waals surface area (Å²) in [4.78, 5) is 0. The maximum absolute atomic E-state index is 13.4. The average molecular weight is 249 g/mol. The number of aromatic nitrogens is 1. The Hall–Kier alpha value is -1.09. The molecule has 1 aromatic heterocycles. The Morgan fingerprint density at radius 2 is 1.76 bits per heavy atom. The fraction of sp³-hybridized carbons (Fsp3) is 0.429. The second kappa shape index (κ2) is 3.70. The van der Waals surface area contributed by atoms with Gasteiger partial charge in [0.2, 0.25) is 0 Å². The first-order valence-corrected chi connectivity index (χ1v) is 8.95. The normalized spacial score (nSPS) is 13.3. The van der Waals surface area contributed by atoms with Crippen molar-refractivity contribution < 1.29 is 4.39 Å². The molecule has 0 aliphatic carbocycles. The lowest BCUT2D eigenvalue weighted by Gasteiger charge is -2.38. The monoisotopic (exact) mass is 249 g/mol. The van der Waals surface area contributed by atoms with E-state index in [1.54, 1.807) is 6.07 Å². The van der Waals surface area contributed by atoms with Crippen molar-refractivity contribution in [2.45, 2.75) is 38.9 Å². The number of fused-ring (bicyclic) bond motifs is 1. The van der Waals surface area contributed by atoms with Crippen LogP contribution in [0.4, 0.5) is 4.39 Å². The SMILES string of the molecule is CC(C)(C)[Si](C)(C)n1ccc2ccc(F)cc21. The second-order valence-corrected chi connectivity index (χ2v) is 11.3. The van der Waals surface area contributed by atoms with Crippen molar-refractivity contribution in [1.82, 2.24) is 4.23 Å². The third kappa shape index (κ3) is 1.93. The van der Waals surface area contributed by atoms with E-state index in [0.717, 1.165) is 10.9 Å². The minimum atomic E-state index is -1.67. The number of hydrogen-bond donors (Lipinski definition) is 0. The van der Waals surface area contributed by atoms with E-state index in [4.69, 9.17) is 0 Å². The molecular formula is C14H20FNSi. The van der Waals surface area contributed by atoms with Gasteiger partial charge in [0, 0.05) is 5.52 Å². The fourth-order valence-electron chi connectivity index (χ4n) is 1.95. The molecule has 2 rings (SSSR count). The minimum absolute atomic E-state index is 0.156. The zero-order chi connectivity index (χ0) is 12.8. The molecule has 0 radical (unpaired) electrons. The topological polar surface area (TPSA) is 4.93 Å². The Bertz CT molecular complexity index is 549. The minimum Gasteiger partial charge on any atom is -0.374 e. The molecule has 0 saturated heterocycles. The van der Waals surface area contributed by atoms with Crippen LogP contribution in [0.1, 0.15) is 20.8 Å². The lowest BCUT2D eigenvalue weighted by Crippen LogP contribution is -2.44. The Kier molecular flexibility index (Phi) is 2.69. The van der Waals surface area contributed by atoms with Crippen molar-refractivity contribution in [3.05, 3.63) is 36.3 Å². The molecule has 0 fully saturated rings. The summed E-state index contributed by atoms with van der Waals surface area (Å²) < 4.78 is 15.7. The molecule has 0 saturated carbocycles. The van der Waals surface area contributed by atoms with Gasteiger partial charge in [0.05, 0.1) is 0 Å². The highest BCUT2D eigenvalue weighted by Crippen LogP contribution is 2.38. The van der Waals surface area contributed by atoms with Crippen LogP contribution >= 0.6 is 0 Å². The fourth-order valence-corrected chi connectivity index (χ4v) is 3.92. The molecule has 2 aromatic rings. The highest BCUT2D eigenvalue weighted by Gasteiger charge is 2.37. The Morgan fingerprint density at radius 1 is 1.12 bits per heavy atom. The number of rotatable bonds is 1. The van der Waals surface area contributed by atoms with Gasteiger partial charge in [0.15, 0.2) is 8.24 Å². The Labute approximate surface area is 103 Å². The maximum atomic E-state index is 13.4. The highest BCUT2D eigenvalue weighted by atomic mass is 28.3. The predicted molar refractivity (Wildman–Crippen MR) is 74.5 cm³/mol. The van der Waals surface area contributed by atoms with Gasteiger partial charge in [-0.3, -0.25) is 0 Å². The highest BCUT2D eigenvalue weighted by molar-refractivity contribution is 6.79. The van der Waals surface area contributed by atoms with Gasteiger partial charge in [-0.1, -0.05) is 33.9 Å². The molecule has 0 unspecified atom stereocenters. The van der Waals surface area contributed by atoms with Crippen LogP contribution in [0.25, 0.3) is 10.9 Å². The summed E-state index contributed by atoms with van der Waals surface area (Å²) in [5.41, 5.74) is 1.02. The number of benzene rings is 1. The van der Waals surface area contributed by atoms with Crippen molar-refractivity contribution in [3.63, 3.8) is 0 Å². The molecule has 1 heterocycles. The summed E-state index contributed by atoms with van der Waals surface area (Å²) in [6, 6.07) is 7.11. The zero-order valence-electron chi connectivity index (χ0n) is 11.2. The summed E-state index contributed by atoms with van der Waals surface area (Å²) in [5, 5.41) is 1.36. The van der Waals surface area contributed by atoms with Gasteiger partial charge >= 0.3 is 0 Å². The Balaban J connectivity index is 2.68. The van der Waals surface area contributed by atoms with E-state index < -0.39 is 8.24 Å². The quantitative estimate of drug-likeness (QED) is 0.649. The molecule has 0 aliphatic rings. The van der Waals surface area contributed by atoms with Crippen LogP contribution in [0, 0.1) is 5.82 Å². The first-order valence-electron chi connectivity index (χ1n) is 6.00. The molecule has 0 N–H and O–H groups in total. The van der Waals surface area contributed by atoms with Crippen LogP contribution in [0.2, 0.25) is 18.1 Å². The first kappa shape index (κ1) is 12.4. The standard InChI is InChI=1S/C14H20FNSi/c1-14(2,3)17(4,5)16-9-8-11-6-7-12(15)10-13(11)16/h6-10H,1-5H3. The van der Waals surface area contributed by atoms with Gasteiger partial charge in [-0.15, -0.1) is 0 Å². The van der Waals surface area contributed by atoms with E-state index in [1.807, 2.05) is 6.07 Å². The van der Waals surface area contributed by atoms with Crippen molar-refractivity contribution in [2.24, 2.45) is 0 Å². The van der Waals surface area contributed by atoms with Gasteiger partial charge < -0.3 is 4.23 Å².